The molecule has 2 aliphatic rings. The van der Waals surface area contributed by atoms with Crippen molar-refractivity contribution in [2.45, 2.75) is 50.1 Å². The quantitative estimate of drug-likeness (QED) is 0.875. The molecule has 1 aromatic carbocycles. The maximum atomic E-state index is 13.7. The van der Waals surface area contributed by atoms with Gasteiger partial charge in [-0.15, -0.1) is 12.4 Å². The van der Waals surface area contributed by atoms with Gasteiger partial charge in [-0.2, -0.15) is 0 Å². The number of nitrogens with two attached hydrogens (primary N) is 1. The number of amides is 1. The second-order valence-corrected chi connectivity index (χ2v) is 6.82. The van der Waals surface area contributed by atoms with Crippen molar-refractivity contribution in [2.75, 3.05) is 13.2 Å². The maximum Gasteiger partial charge on any atom is 0.223 e. The van der Waals surface area contributed by atoms with Crippen LogP contribution in [0.5, 0.6) is 0 Å². The lowest BCUT2D eigenvalue weighted by atomic mass is 9.80. The SMILES string of the molecule is Cl.NC1CCCC(C(=O)NC2(c3cccc(F)c3)CCOCC2)C1. The van der Waals surface area contributed by atoms with Gasteiger partial charge < -0.3 is 15.8 Å². The summed E-state index contributed by atoms with van der Waals surface area (Å²) in [6, 6.07) is 6.65. The predicted octanol–water partition coefficient (Wildman–Crippen LogP) is 2.89. The standard InChI is InChI=1S/C18H25FN2O2.ClH/c19-15-5-2-4-14(12-15)18(7-9-23-10-8-18)21-17(22)13-3-1-6-16(20)11-13;/h2,4-5,12-13,16H,1,3,6-11,20H2,(H,21,22);1H. The first kappa shape index (κ1) is 19.2. The monoisotopic (exact) mass is 356 g/mol. The van der Waals surface area contributed by atoms with Crippen molar-refractivity contribution in [3.05, 3.63) is 35.6 Å². The van der Waals surface area contributed by atoms with Crippen molar-refractivity contribution < 1.29 is 13.9 Å². The van der Waals surface area contributed by atoms with Crippen LogP contribution in [0.2, 0.25) is 0 Å². The Hall–Kier alpha value is -1.17. The van der Waals surface area contributed by atoms with E-state index in [4.69, 9.17) is 10.5 Å². The molecule has 134 valence electrons. The Morgan fingerprint density at radius 3 is 2.71 bits per heavy atom. The summed E-state index contributed by atoms with van der Waals surface area (Å²) in [5, 5.41) is 3.22. The molecule has 1 aliphatic heterocycles. The molecule has 4 nitrogen and oxygen atoms in total. The molecule has 0 spiro atoms. The van der Waals surface area contributed by atoms with Crippen LogP contribution in [0.25, 0.3) is 0 Å². The Balaban J connectivity index is 0.00000208. The zero-order valence-electron chi connectivity index (χ0n) is 13.8. The lowest BCUT2D eigenvalue weighted by Gasteiger charge is -2.40. The third-order valence-corrected chi connectivity index (χ3v) is 5.17. The largest absolute Gasteiger partial charge is 0.381 e. The molecule has 1 saturated heterocycles. The van der Waals surface area contributed by atoms with Gasteiger partial charge in [-0.3, -0.25) is 4.79 Å². The molecule has 0 radical (unpaired) electrons. The maximum absolute atomic E-state index is 13.7. The summed E-state index contributed by atoms with van der Waals surface area (Å²) in [5.41, 5.74) is 6.31. The average Bonchev–Trinajstić information content (AvgIpc) is 2.56. The van der Waals surface area contributed by atoms with E-state index in [1.54, 1.807) is 6.07 Å². The van der Waals surface area contributed by atoms with Gasteiger partial charge in [-0.25, -0.2) is 4.39 Å². The minimum absolute atomic E-state index is 0. The first-order valence-corrected chi connectivity index (χ1v) is 8.50. The minimum atomic E-state index is -0.529. The van der Waals surface area contributed by atoms with Gasteiger partial charge in [-0.05, 0) is 49.8 Å². The lowest BCUT2D eigenvalue weighted by molar-refractivity contribution is -0.129. The zero-order valence-corrected chi connectivity index (χ0v) is 14.6. The average molecular weight is 357 g/mol. The fourth-order valence-electron chi connectivity index (χ4n) is 3.80. The van der Waals surface area contributed by atoms with E-state index in [2.05, 4.69) is 5.32 Å². The first-order chi connectivity index (χ1) is 11.1. The molecule has 1 saturated carbocycles. The molecule has 1 heterocycles. The Morgan fingerprint density at radius 1 is 1.29 bits per heavy atom. The van der Waals surface area contributed by atoms with Crippen LogP contribution in [-0.2, 0) is 15.1 Å². The Morgan fingerprint density at radius 2 is 2.04 bits per heavy atom. The second-order valence-electron chi connectivity index (χ2n) is 6.82. The van der Waals surface area contributed by atoms with Crippen LogP contribution >= 0.6 is 12.4 Å². The highest BCUT2D eigenvalue weighted by atomic mass is 35.5. The summed E-state index contributed by atoms with van der Waals surface area (Å²) in [4.78, 5) is 12.8. The number of carbonyl (C=O) groups is 1. The van der Waals surface area contributed by atoms with E-state index < -0.39 is 5.54 Å². The molecule has 1 aromatic rings. The van der Waals surface area contributed by atoms with E-state index in [1.807, 2.05) is 6.07 Å². The van der Waals surface area contributed by atoms with Crippen LogP contribution in [-0.4, -0.2) is 25.2 Å². The molecule has 3 N–H and O–H groups in total. The van der Waals surface area contributed by atoms with Gasteiger partial charge in [0.25, 0.3) is 0 Å². The number of rotatable bonds is 3. The summed E-state index contributed by atoms with van der Waals surface area (Å²) in [6.45, 7) is 1.14. The summed E-state index contributed by atoms with van der Waals surface area (Å²) in [7, 11) is 0. The van der Waals surface area contributed by atoms with Crippen LogP contribution in [0.4, 0.5) is 4.39 Å². The molecule has 1 amide bonds. The first-order valence-electron chi connectivity index (χ1n) is 8.50. The number of hydrogen-bond donors (Lipinski definition) is 2. The molecule has 2 unspecified atom stereocenters. The molecule has 24 heavy (non-hydrogen) atoms. The van der Waals surface area contributed by atoms with Crippen LogP contribution in [0.15, 0.2) is 24.3 Å². The Labute approximate surface area is 148 Å². The van der Waals surface area contributed by atoms with E-state index >= 15 is 0 Å². The molecule has 2 fully saturated rings. The number of benzene rings is 1. The zero-order chi connectivity index (χ0) is 16.3. The summed E-state index contributed by atoms with van der Waals surface area (Å²) in [5.74, 6) is -0.263. The Kier molecular flexibility index (Phi) is 6.61. The molecule has 2 atom stereocenters. The molecule has 0 aromatic heterocycles. The summed E-state index contributed by atoms with van der Waals surface area (Å²) < 4.78 is 19.1. The van der Waals surface area contributed by atoms with Gasteiger partial charge in [-0.1, -0.05) is 18.6 Å². The van der Waals surface area contributed by atoms with Crippen LogP contribution in [0, 0.1) is 11.7 Å². The van der Waals surface area contributed by atoms with Gasteiger partial charge in [0.15, 0.2) is 0 Å². The highest BCUT2D eigenvalue weighted by Gasteiger charge is 2.38. The van der Waals surface area contributed by atoms with E-state index in [9.17, 15) is 9.18 Å². The number of hydrogen-bond acceptors (Lipinski definition) is 3. The summed E-state index contributed by atoms with van der Waals surface area (Å²) in [6.07, 6.45) is 4.95. The van der Waals surface area contributed by atoms with Gasteiger partial charge >= 0.3 is 0 Å². The van der Waals surface area contributed by atoms with Crippen molar-refractivity contribution in [1.29, 1.82) is 0 Å². The third-order valence-electron chi connectivity index (χ3n) is 5.17. The predicted molar refractivity (Wildman–Crippen MR) is 93.5 cm³/mol. The fraction of sp³-hybridized carbons (Fsp3) is 0.611. The molecular weight excluding hydrogens is 331 g/mol. The van der Waals surface area contributed by atoms with Gasteiger partial charge in [0.05, 0.1) is 5.54 Å². The van der Waals surface area contributed by atoms with Crippen molar-refractivity contribution in [1.82, 2.24) is 5.32 Å². The van der Waals surface area contributed by atoms with E-state index in [1.165, 1.54) is 12.1 Å². The minimum Gasteiger partial charge on any atom is -0.381 e. The number of nitrogens with one attached hydrogen (secondary N) is 1. The van der Waals surface area contributed by atoms with Crippen molar-refractivity contribution in [3.63, 3.8) is 0 Å². The normalized spacial score (nSPS) is 26.2. The number of halogens is 2. The topological polar surface area (TPSA) is 64.4 Å². The van der Waals surface area contributed by atoms with Crippen LogP contribution in [0.3, 0.4) is 0 Å². The lowest BCUT2D eigenvalue weighted by Crippen LogP contribution is -2.52. The molecular formula is C18H26ClFN2O2. The highest BCUT2D eigenvalue weighted by Crippen LogP contribution is 2.34. The van der Waals surface area contributed by atoms with Gasteiger partial charge in [0.2, 0.25) is 5.91 Å². The van der Waals surface area contributed by atoms with Crippen LogP contribution in [0.1, 0.15) is 44.1 Å². The number of ether oxygens (including phenoxy) is 1. The molecule has 1 aliphatic carbocycles. The van der Waals surface area contributed by atoms with E-state index in [-0.39, 0.29) is 36.1 Å². The van der Waals surface area contributed by atoms with Gasteiger partial charge in [0.1, 0.15) is 5.82 Å². The van der Waals surface area contributed by atoms with Crippen molar-refractivity contribution in [3.8, 4) is 0 Å². The van der Waals surface area contributed by atoms with Crippen molar-refractivity contribution >= 4 is 18.3 Å². The van der Waals surface area contributed by atoms with Crippen LogP contribution < -0.4 is 11.1 Å². The fourth-order valence-corrected chi connectivity index (χ4v) is 3.80. The van der Waals surface area contributed by atoms with Gasteiger partial charge in [0, 0.05) is 25.2 Å². The highest BCUT2D eigenvalue weighted by molar-refractivity contribution is 5.85. The molecule has 3 rings (SSSR count). The third kappa shape index (κ3) is 4.26. The number of carbonyl (C=O) groups excluding carboxylic acids is 1. The van der Waals surface area contributed by atoms with E-state index in [0.29, 0.717) is 26.1 Å². The second kappa shape index (κ2) is 8.28. The van der Waals surface area contributed by atoms with Crippen molar-refractivity contribution in [2.24, 2.45) is 11.7 Å². The summed E-state index contributed by atoms with van der Waals surface area (Å²) >= 11 is 0. The molecule has 6 heteroatoms. The Bertz CT molecular complexity index is 564. The smallest absolute Gasteiger partial charge is 0.223 e. The molecule has 0 bridgehead atoms. The van der Waals surface area contributed by atoms with E-state index in [0.717, 1.165) is 31.2 Å².